The van der Waals surface area contributed by atoms with Gasteiger partial charge in [0.15, 0.2) is 0 Å². The minimum atomic E-state index is -0.0191. The van der Waals surface area contributed by atoms with E-state index in [0.29, 0.717) is 29.3 Å². The highest BCUT2D eigenvalue weighted by Crippen LogP contribution is 2.28. The zero-order valence-corrected chi connectivity index (χ0v) is 13.7. The van der Waals surface area contributed by atoms with Gasteiger partial charge in [0, 0.05) is 36.0 Å². The summed E-state index contributed by atoms with van der Waals surface area (Å²) in [5, 5.41) is 6.68. The van der Waals surface area contributed by atoms with Gasteiger partial charge in [-0.25, -0.2) is 4.98 Å². The lowest BCUT2D eigenvalue weighted by atomic mass is 9.95. The van der Waals surface area contributed by atoms with Gasteiger partial charge in [0.25, 0.3) is 5.91 Å². The largest absolute Gasteiger partial charge is 0.439 e. The van der Waals surface area contributed by atoms with E-state index in [-0.39, 0.29) is 11.9 Å². The lowest BCUT2D eigenvalue weighted by Gasteiger charge is -2.21. The van der Waals surface area contributed by atoms with Crippen LogP contribution in [0.25, 0.3) is 0 Å². The summed E-state index contributed by atoms with van der Waals surface area (Å²) >= 11 is 0. The number of pyridine rings is 1. The number of nitrogens with zero attached hydrogens (tertiary/aromatic N) is 1. The molecular weight excluding hydrogens is 302 g/mol. The molecule has 2 N–H and O–H groups in total. The molecule has 0 spiro atoms. The molecule has 0 unspecified atom stereocenters. The SMILES string of the molecule is Cc1ccc(Oc2ccc(C(=O)N[C@@H]3C[C@H]4CC[C@@H]3N4)cc2)nc1. The molecule has 1 aromatic carbocycles. The average Bonchev–Trinajstić information content (AvgIpc) is 3.20. The zero-order chi connectivity index (χ0) is 16.5. The number of aromatic nitrogens is 1. The van der Waals surface area contributed by atoms with Crippen LogP contribution in [0.4, 0.5) is 0 Å². The molecule has 2 aliphatic rings. The van der Waals surface area contributed by atoms with E-state index in [1.54, 1.807) is 30.5 Å². The first-order chi connectivity index (χ1) is 11.7. The highest BCUT2D eigenvalue weighted by Gasteiger charge is 2.39. The first-order valence-corrected chi connectivity index (χ1v) is 8.45. The second kappa shape index (κ2) is 6.24. The van der Waals surface area contributed by atoms with Crippen molar-refractivity contribution in [1.29, 1.82) is 0 Å². The van der Waals surface area contributed by atoms with E-state index in [1.165, 1.54) is 6.42 Å². The summed E-state index contributed by atoms with van der Waals surface area (Å²) in [5.41, 5.74) is 1.74. The van der Waals surface area contributed by atoms with Gasteiger partial charge in [-0.05, 0) is 56.0 Å². The summed E-state index contributed by atoms with van der Waals surface area (Å²) in [7, 11) is 0. The smallest absolute Gasteiger partial charge is 0.251 e. The Bertz CT molecular complexity index is 727. The Morgan fingerprint density at radius 1 is 1.21 bits per heavy atom. The lowest BCUT2D eigenvalue weighted by Crippen LogP contribution is -2.42. The Morgan fingerprint density at radius 2 is 2.04 bits per heavy atom. The van der Waals surface area contributed by atoms with Crippen molar-refractivity contribution in [3.8, 4) is 11.6 Å². The predicted molar refractivity (Wildman–Crippen MR) is 91.3 cm³/mol. The normalized spacial score (nSPS) is 24.8. The number of ether oxygens (including phenoxy) is 1. The molecule has 0 aliphatic carbocycles. The number of benzene rings is 1. The molecule has 0 saturated carbocycles. The maximum atomic E-state index is 12.4. The average molecular weight is 323 g/mol. The van der Waals surface area contributed by atoms with Gasteiger partial charge in [0.05, 0.1) is 0 Å². The second-order valence-electron chi connectivity index (χ2n) is 6.66. The Hall–Kier alpha value is -2.40. The fourth-order valence-electron chi connectivity index (χ4n) is 3.55. The summed E-state index contributed by atoms with van der Waals surface area (Å²) in [6.45, 7) is 1.98. The Labute approximate surface area is 141 Å². The molecule has 3 atom stereocenters. The molecule has 4 rings (SSSR count). The number of hydrogen-bond acceptors (Lipinski definition) is 4. The molecule has 1 aromatic heterocycles. The van der Waals surface area contributed by atoms with Gasteiger partial charge in [-0.15, -0.1) is 0 Å². The molecule has 0 radical (unpaired) electrons. The molecule has 5 nitrogen and oxygen atoms in total. The number of nitrogens with one attached hydrogen (secondary N) is 2. The van der Waals surface area contributed by atoms with Crippen LogP contribution in [0.1, 0.15) is 35.2 Å². The van der Waals surface area contributed by atoms with Crippen LogP contribution in [-0.4, -0.2) is 29.0 Å². The predicted octanol–water partition coefficient (Wildman–Crippen LogP) is 2.81. The third-order valence-corrected chi connectivity index (χ3v) is 4.84. The molecule has 1 amide bonds. The summed E-state index contributed by atoms with van der Waals surface area (Å²) in [6, 6.07) is 12.2. The molecular formula is C19H21N3O2. The van der Waals surface area contributed by atoms with Crippen LogP contribution >= 0.6 is 0 Å². The third-order valence-electron chi connectivity index (χ3n) is 4.84. The Kier molecular flexibility index (Phi) is 3.94. The molecule has 2 aromatic rings. The van der Waals surface area contributed by atoms with Gasteiger partial charge in [-0.3, -0.25) is 4.79 Å². The van der Waals surface area contributed by atoms with E-state index in [0.717, 1.165) is 18.4 Å². The monoisotopic (exact) mass is 323 g/mol. The van der Waals surface area contributed by atoms with Crippen LogP contribution in [0, 0.1) is 6.92 Å². The number of rotatable bonds is 4. The topological polar surface area (TPSA) is 63.2 Å². The van der Waals surface area contributed by atoms with Gasteiger partial charge in [-0.2, -0.15) is 0 Å². The number of hydrogen-bond donors (Lipinski definition) is 2. The number of carbonyl (C=O) groups excluding carboxylic acids is 1. The van der Waals surface area contributed by atoms with Gasteiger partial charge in [0.1, 0.15) is 5.75 Å². The van der Waals surface area contributed by atoms with E-state index >= 15 is 0 Å². The molecule has 24 heavy (non-hydrogen) atoms. The maximum absolute atomic E-state index is 12.4. The summed E-state index contributed by atoms with van der Waals surface area (Å²) in [5.74, 6) is 1.20. The van der Waals surface area contributed by atoms with Gasteiger partial charge >= 0.3 is 0 Å². The zero-order valence-electron chi connectivity index (χ0n) is 13.7. The van der Waals surface area contributed by atoms with Gasteiger partial charge in [0.2, 0.25) is 5.88 Å². The van der Waals surface area contributed by atoms with Crippen molar-refractivity contribution in [1.82, 2.24) is 15.6 Å². The fraction of sp³-hybridized carbons (Fsp3) is 0.368. The van der Waals surface area contributed by atoms with Gasteiger partial charge < -0.3 is 15.4 Å². The van der Waals surface area contributed by atoms with Gasteiger partial charge in [-0.1, -0.05) is 6.07 Å². The van der Waals surface area contributed by atoms with Crippen LogP contribution in [-0.2, 0) is 0 Å². The lowest BCUT2D eigenvalue weighted by molar-refractivity contribution is 0.0931. The standard InChI is InChI=1S/C19H21N3O2/c1-12-2-9-18(20-11-12)24-15-6-3-13(4-7-15)19(23)22-17-10-14-5-8-16(17)21-14/h2-4,6-7,9,11,14,16-17,21H,5,8,10H2,1H3,(H,22,23)/t14-,16+,17-/m1/s1. The quantitative estimate of drug-likeness (QED) is 0.908. The van der Waals surface area contributed by atoms with E-state index < -0.39 is 0 Å². The summed E-state index contributed by atoms with van der Waals surface area (Å²) < 4.78 is 5.69. The second-order valence-corrected chi connectivity index (χ2v) is 6.66. The van der Waals surface area contributed by atoms with Crippen LogP contribution in [0.15, 0.2) is 42.6 Å². The molecule has 2 saturated heterocycles. The molecule has 3 heterocycles. The van der Waals surface area contributed by atoms with Crippen molar-refractivity contribution < 1.29 is 9.53 Å². The minimum Gasteiger partial charge on any atom is -0.439 e. The number of aryl methyl sites for hydroxylation is 1. The van der Waals surface area contributed by atoms with Crippen LogP contribution in [0.5, 0.6) is 11.6 Å². The highest BCUT2D eigenvalue weighted by atomic mass is 16.5. The van der Waals surface area contributed by atoms with Crippen molar-refractivity contribution in [2.24, 2.45) is 0 Å². The Morgan fingerprint density at radius 3 is 2.67 bits per heavy atom. The first-order valence-electron chi connectivity index (χ1n) is 8.45. The molecule has 124 valence electrons. The highest BCUT2D eigenvalue weighted by molar-refractivity contribution is 5.94. The molecule has 2 aliphatic heterocycles. The van der Waals surface area contributed by atoms with E-state index in [9.17, 15) is 4.79 Å². The molecule has 2 bridgehead atoms. The van der Waals surface area contributed by atoms with Crippen LogP contribution in [0.3, 0.4) is 0 Å². The van der Waals surface area contributed by atoms with Crippen molar-refractivity contribution in [3.63, 3.8) is 0 Å². The number of fused-ring (bicyclic) bond motifs is 2. The van der Waals surface area contributed by atoms with E-state index in [1.807, 2.05) is 19.1 Å². The van der Waals surface area contributed by atoms with E-state index in [4.69, 9.17) is 4.74 Å². The van der Waals surface area contributed by atoms with Crippen LogP contribution in [0.2, 0.25) is 0 Å². The number of amides is 1. The first kappa shape index (κ1) is 15.1. The van der Waals surface area contributed by atoms with Crippen LogP contribution < -0.4 is 15.4 Å². The fourth-order valence-corrected chi connectivity index (χ4v) is 3.55. The molecule has 5 heteroatoms. The van der Waals surface area contributed by atoms with Crippen molar-refractivity contribution >= 4 is 5.91 Å². The summed E-state index contributed by atoms with van der Waals surface area (Å²) in [6.07, 6.45) is 5.19. The number of carbonyl (C=O) groups is 1. The summed E-state index contributed by atoms with van der Waals surface area (Å²) in [4.78, 5) is 16.6. The van der Waals surface area contributed by atoms with Crippen molar-refractivity contribution in [2.45, 2.75) is 44.3 Å². The Balaban J connectivity index is 1.38. The van der Waals surface area contributed by atoms with Crippen molar-refractivity contribution in [2.75, 3.05) is 0 Å². The maximum Gasteiger partial charge on any atom is 0.251 e. The van der Waals surface area contributed by atoms with Crippen molar-refractivity contribution in [3.05, 3.63) is 53.7 Å². The van der Waals surface area contributed by atoms with E-state index in [2.05, 4.69) is 15.6 Å². The third kappa shape index (κ3) is 3.12. The minimum absolute atomic E-state index is 0.0191. The molecule has 2 fully saturated rings.